The summed E-state index contributed by atoms with van der Waals surface area (Å²) in [7, 11) is 0. The molecule has 1 aliphatic rings. The van der Waals surface area contributed by atoms with Gasteiger partial charge in [0.15, 0.2) is 0 Å². The molecule has 0 aliphatic carbocycles. The monoisotopic (exact) mass is 356 g/mol. The predicted molar refractivity (Wildman–Crippen MR) is 79.9 cm³/mol. The third-order valence-electron chi connectivity index (χ3n) is 3.57. The largest absolute Gasteiger partial charge is 0.416 e. The van der Waals surface area contributed by atoms with Gasteiger partial charge in [0.1, 0.15) is 0 Å². The Kier molecular flexibility index (Phi) is 3.36. The second-order valence-electron chi connectivity index (χ2n) is 5.05. The molecule has 3 rings (SSSR count). The van der Waals surface area contributed by atoms with Crippen LogP contribution < -0.4 is 10.6 Å². The molecule has 2 aromatic rings. The van der Waals surface area contributed by atoms with Gasteiger partial charge in [0.25, 0.3) is 0 Å². The molecule has 110 valence electrons. The first-order chi connectivity index (χ1) is 9.84. The highest BCUT2D eigenvalue weighted by Gasteiger charge is 2.31. The van der Waals surface area contributed by atoms with Gasteiger partial charge >= 0.3 is 6.18 Å². The van der Waals surface area contributed by atoms with Gasteiger partial charge in [-0.2, -0.15) is 13.2 Å². The molecule has 1 aliphatic heterocycles. The first-order valence-electron chi connectivity index (χ1n) is 6.33. The molecule has 0 amide bonds. The lowest BCUT2D eigenvalue weighted by Gasteiger charge is -2.20. The lowest BCUT2D eigenvalue weighted by Crippen LogP contribution is -2.15. The van der Waals surface area contributed by atoms with Crippen LogP contribution in [0, 0.1) is 0 Å². The van der Waals surface area contributed by atoms with Crippen molar-refractivity contribution in [3.8, 4) is 0 Å². The Bertz CT molecular complexity index is 698. The molecule has 2 nitrogen and oxygen atoms in total. The van der Waals surface area contributed by atoms with E-state index < -0.39 is 11.7 Å². The topological polar surface area (TPSA) is 29.3 Å². The van der Waals surface area contributed by atoms with E-state index in [1.54, 1.807) is 0 Å². The van der Waals surface area contributed by atoms with E-state index in [0.29, 0.717) is 23.2 Å². The molecular formula is C15H12BrF3N2. The molecule has 1 heterocycles. The summed E-state index contributed by atoms with van der Waals surface area (Å²) in [4.78, 5) is 2.02. The van der Waals surface area contributed by atoms with Crippen LogP contribution >= 0.6 is 15.9 Å². The number of halogens is 4. The van der Waals surface area contributed by atoms with Gasteiger partial charge in [-0.15, -0.1) is 0 Å². The second-order valence-corrected chi connectivity index (χ2v) is 5.90. The third kappa shape index (κ3) is 2.72. The Labute approximate surface area is 128 Å². The number of nitrogens with two attached hydrogens (primary N) is 1. The van der Waals surface area contributed by atoms with Gasteiger partial charge in [0.05, 0.1) is 11.3 Å². The molecule has 2 aromatic carbocycles. The fourth-order valence-corrected chi connectivity index (χ4v) is 3.15. The average molecular weight is 357 g/mol. The first-order valence-corrected chi connectivity index (χ1v) is 7.13. The molecular weight excluding hydrogens is 345 g/mol. The van der Waals surface area contributed by atoms with Crippen LogP contribution in [0.4, 0.5) is 24.5 Å². The van der Waals surface area contributed by atoms with Crippen molar-refractivity contribution in [1.82, 2.24) is 0 Å². The van der Waals surface area contributed by atoms with E-state index in [-0.39, 0.29) is 0 Å². The maximum absolute atomic E-state index is 12.7. The predicted octanol–water partition coefficient (Wildman–Crippen LogP) is 4.57. The van der Waals surface area contributed by atoms with Crippen molar-refractivity contribution in [2.75, 3.05) is 10.6 Å². The summed E-state index contributed by atoms with van der Waals surface area (Å²) in [5.41, 5.74) is 8.81. The fraction of sp³-hybridized carbons (Fsp3) is 0.200. The lowest BCUT2D eigenvalue weighted by atomic mass is 10.1. The summed E-state index contributed by atoms with van der Waals surface area (Å²) in [6.07, 6.45) is -4.33. The minimum atomic E-state index is -4.33. The van der Waals surface area contributed by atoms with Gasteiger partial charge in [-0.05, 0) is 57.4 Å². The standard InChI is InChI=1S/C15H12BrF3N2/c16-13-6-11(15(17,18)19)2-4-14(13)21-7-9-1-3-12(20)5-10(9)8-21/h1-6H,7-8,20H2. The van der Waals surface area contributed by atoms with Crippen molar-refractivity contribution in [2.45, 2.75) is 19.3 Å². The van der Waals surface area contributed by atoms with Gasteiger partial charge in [-0.25, -0.2) is 0 Å². The zero-order chi connectivity index (χ0) is 15.2. The van der Waals surface area contributed by atoms with Gasteiger partial charge in [0.2, 0.25) is 0 Å². The van der Waals surface area contributed by atoms with Crippen molar-refractivity contribution < 1.29 is 13.2 Å². The Balaban J connectivity index is 1.90. The Hall–Kier alpha value is -1.69. The van der Waals surface area contributed by atoms with E-state index in [1.165, 1.54) is 6.07 Å². The zero-order valence-electron chi connectivity index (χ0n) is 10.9. The van der Waals surface area contributed by atoms with Crippen molar-refractivity contribution in [2.24, 2.45) is 0 Å². The summed E-state index contributed by atoms with van der Waals surface area (Å²) in [6, 6.07) is 9.44. The Morgan fingerprint density at radius 2 is 1.71 bits per heavy atom. The number of hydrogen-bond acceptors (Lipinski definition) is 2. The highest BCUT2D eigenvalue weighted by Crippen LogP contribution is 2.38. The van der Waals surface area contributed by atoms with Crippen LogP contribution in [0.15, 0.2) is 40.9 Å². The van der Waals surface area contributed by atoms with Crippen LogP contribution in [0.1, 0.15) is 16.7 Å². The number of fused-ring (bicyclic) bond motifs is 1. The van der Waals surface area contributed by atoms with Crippen molar-refractivity contribution in [3.05, 3.63) is 57.6 Å². The molecule has 0 spiro atoms. The third-order valence-corrected chi connectivity index (χ3v) is 4.20. The van der Waals surface area contributed by atoms with Crippen molar-refractivity contribution >= 4 is 27.3 Å². The van der Waals surface area contributed by atoms with Crippen LogP contribution in [0.3, 0.4) is 0 Å². The Morgan fingerprint density at radius 3 is 2.38 bits per heavy atom. The number of anilines is 2. The van der Waals surface area contributed by atoms with E-state index in [2.05, 4.69) is 15.9 Å². The fourth-order valence-electron chi connectivity index (χ4n) is 2.52. The van der Waals surface area contributed by atoms with Crippen molar-refractivity contribution in [1.29, 1.82) is 0 Å². The van der Waals surface area contributed by atoms with Crippen molar-refractivity contribution in [3.63, 3.8) is 0 Å². The molecule has 21 heavy (non-hydrogen) atoms. The Morgan fingerprint density at radius 1 is 1.00 bits per heavy atom. The van der Waals surface area contributed by atoms with Crippen LogP contribution in [0.5, 0.6) is 0 Å². The summed E-state index contributed by atoms with van der Waals surface area (Å²) in [5, 5.41) is 0. The lowest BCUT2D eigenvalue weighted by molar-refractivity contribution is -0.137. The molecule has 0 radical (unpaired) electrons. The molecule has 0 saturated carbocycles. The molecule has 0 aromatic heterocycles. The van der Waals surface area contributed by atoms with E-state index in [4.69, 9.17) is 5.73 Å². The molecule has 0 bridgehead atoms. The van der Waals surface area contributed by atoms with E-state index >= 15 is 0 Å². The summed E-state index contributed by atoms with van der Waals surface area (Å²) < 4.78 is 38.5. The summed E-state index contributed by atoms with van der Waals surface area (Å²) >= 11 is 3.24. The van der Waals surface area contributed by atoms with E-state index in [9.17, 15) is 13.2 Å². The SMILES string of the molecule is Nc1ccc2c(c1)CN(c1ccc(C(F)(F)F)cc1Br)C2. The first kappa shape index (κ1) is 14.3. The molecule has 0 atom stereocenters. The molecule has 0 unspecified atom stereocenters. The minimum absolute atomic E-state index is 0.443. The molecule has 2 N–H and O–H groups in total. The molecule has 0 saturated heterocycles. The number of alkyl halides is 3. The molecule has 0 fully saturated rings. The minimum Gasteiger partial charge on any atom is -0.399 e. The zero-order valence-corrected chi connectivity index (χ0v) is 12.5. The maximum atomic E-state index is 12.7. The average Bonchev–Trinajstić information content (AvgIpc) is 2.80. The normalized spacial score (nSPS) is 14.4. The highest BCUT2D eigenvalue weighted by molar-refractivity contribution is 9.10. The van der Waals surface area contributed by atoms with Crippen LogP contribution in [0.25, 0.3) is 0 Å². The van der Waals surface area contributed by atoms with Crippen LogP contribution in [-0.2, 0) is 19.3 Å². The number of nitrogens with zero attached hydrogens (tertiary/aromatic N) is 1. The van der Waals surface area contributed by atoms with Gasteiger partial charge < -0.3 is 10.6 Å². The van der Waals surface area contributed by atoms with Gasteiger partial charge in [0, 0.05) is 23.2 Å². The van der Waals surface area contributed by atoms with Gasteiger partial charge in [-0.1, -0.05) is 6.07 Å². The summed E-state index contributed by atoms with van der Waals surface area (Å²) in [6.45, 7) is 1.31. The second kappa shape index (κ2) is 4.94. The number of nitrogen functional groups attached to an aromatic ring is 1. The number of benzene rings is 2. The van der Waals surface area contributed by atoms with E-state index in [1.807, 2.05) is 23.1 Å². The van der Waals surface area contributed by atoms with Crippen LogP contribution in [-0.4, -0.2) is 0 Å². The smallest absolute Gasteiger partial charge is 0.399 e. The van der Waals surface area contributed by atoms with Gasteiger partial charge in [-0.3, -0.25) is 0 Å². The maximum Gasteiger partial charge on any atom is 0.416 e. The number of hydrogen-bond donors (Lipinski definition) is 1. The number of rotatable bonds is 1. The van der Waals surface area contributed by atoms with Crippen LogP contribution in [0.2, 0.25) is 0 Å². The quantitative estimate of drug-likeness (QED) is 0.758. The highest BCUT2D eigenvalue weighted by atomic mass is 79.9. The van der Waals surface area contributed by atoms with E-state index in [0.717, 1.165) is 28.9 Å². The molecule has 6 heteroatoms. The summed E-state index contributed by atoms with van der Waals surface area (Å²) in [5.74, 6) is 0.